The lowest BCUT2D eigenvalue weighted by molar-refractivity contribution is -0.125. The Bertz CT molecular complexity index is 161. The monoisotopic (exact) mass is 281 g/mol. The van der Waals surface area contributed by atoms with Crippen LogP contribution in [0, 0.1) is 11.8 Å². The number of amides is 1. The second kappa shape index (κ2) is 5.04. The van der Waals surface area contributed by atoms with Gasteiger partial charge in [0.15, 0.2) is 0 Å². The van der Waals surface area contributed by atoms with Crippen LogP contribution in [0.15, 0.2) is 0 Å². The summed E-state index contributed by atoms with van der Waals surface area (Å²) in [4.78, 5) is 11.5. The normalized spacial score (nSPS) is 28.8. The summed E-state index contributed by atoms with van der Waals surface area (Å²) in [7, 11) is 0. The van der Waals surface area contributed by atoms with Crippen LogP contribution in [0.5, 0.6) is 0 Å². The van der Waals surface area contributed by atoms with Gasteiger partial charge in [-0.3, -0.25) is 4.79 Å². The van der Waals surface area contributed by atoms with Crippen molar-refractivity contribution in [1.29, 1.82) is 0 Å². The topological polar surface area (TPSA) is 29.1 Å². The van der Waals surface area contributed by atoms with Crippen LogP contribution in [0.2, 0.25) is 0 Å². The van der Waals surface area contributed by atoms with Gasteiger partial charge in [0.25, 0.3) is 0 Å². The van der Waals surface area contributed by atoms with Crippen molar-refractivity contribution in [2.75, 3.05) is 11.0 Å². The Kier molecular flexibility index (Phi) is 4.32. The summed E-state index contributed by atoms with van der Waals surface area (Å²) in [6.07, 6.45) is 3.54. The molecule has 2 nitrogen and oxygen atoms in total. The SMILES string of the molecule is CC1CCCC1C(=O)NCCI. The van der Waals surface area contributed by atoms with Gasteiger partial charge in [0, 0.05) is 16.9 Å². The van der Waals surface area contributed by atoms with Crippen LogP contribution in [0.3, 0.4) is 0 Å². The number of rotatable bonds is 3. The Balaban J connectivity index is 2.30. The highest BCUT2D eigenvalue weighted by molar-refractivity contribution is 14.1. The number of hydrogen-bond acceptors (Lipinski definition) is 1. The predicted molar refractivity (Wildman–Crippen MR) is 58.4 cm³/mol. The third kappa shape index (κ3) is 2.61. The first-order valence-corrected chi connectivity index (χ1v) is 6.12. The van der Waals surface area contributed by atoms with Gasteiger partial charge in [-0.1, -0.05) is 35.9 Å². The standard InChI is InChI=1S/C9H16INO/c1-7-3-2-4-8(7)9(12)11-6-5-10/h7-8H,2-6H2,1H3,(H,11,12). The van der Waals surface area contributed by atoms with Crippen molar-refractivity contribution in [1.82, 2.24) is 5.32 Å². The van der Waals surface area contributed by atoms with Gasteiger partial charge in [0.2, 0.25) is 5.91 Å². The third-order valence-electron chi connectivity index (χ3n) is 2.59. The van der Waals surface area contributed by atoms with E-state index in [1.165, 1.54) is 12.8 Å². The van der Waals surface area contributed by atoms with E-state index >= 15 is 0 Å². The summed E-state index contributed by atoms with van der Waals surface area (Å²) < 4.78 is 1.00. The fourth-order valence-corrected chi connectivity index (χ4v) is 2.11. The molecule has 0 aromatic carbocycles. The maximum absolute atomic E-state index is 11.5. The molecule has 1 N–H and O–H groups in total. The largest absolute Gasteiger partial charge is 0.355 e. The zero-order chi connectivity index (χ0) is 8.97. The van der Waals surface area contributed by atoms with Crippen LogP contribution in [0.25, 0.3) is 0 Å². The Hall–Kier alpha value is 0.200. The van der Waals surface area contributed by atoms with E-state index in [2.05, 4.69) is 34.8 Å². The molecule has 1 amide bonds. The quantitative estimate of drug-likeness (QED) is 0.622. The number of carbonyl (C=O) groups excluding carboxylic acids is 1. The molecule has 2 unspecified atom stereocenters. The molecule has 1 saturated carbocycles. The number of alkyl halides is 1. The molecule has 1 fully saturated rings. The molecule has 0 radical (unpaired) electrons. The first-order chi connectivity index (χ1) is 5.75. The van der Waals surface area contributed by atoms with Gasteiger partial charge in [-0.25, -0.2) is 0 Å². The summed E-state index contributed by atoms with van der Waals surface area (Å²) >= 11 is 2.27. The van der Waals surface area contributed by atoms with Crippen LogP contribution in [-0.4, -0.2) is 16.9 Å². The molecule has 3 heteroatoms. The number of nitrogens with one attached hydrogen (secondary N) is 1. The predicted octanol–water partition coefficient (Wildman–Crippen LogP) is 1.97. The Morgan fingerprint density at radius 2 is 2.33 bits per heavy atom. The van der Waals surface area contributed by atoms with Gasteiger partial charge < -0.3 is 5.32 Å². The molecule has 0 spiro atoms. The molecule has 0 aromatic rings. The highest BCUT2D eigenvalue weighted by Crippen LogP contribution is 2.30. The molecule has 1 rings (SSSR count). The molecule has 0 aromatic heterocycles. The molecule has 1 aliphatic rings. The van der Waals surface area contributed by atoms with Crippen molar-refractivity contribution < 1.29 is 4.79 Å². The van der Waals surface area contributed by atoms with Crippen LogP contribution in [-0.2, 0) is 4.79 Å². The van der Waals surface area contributed by atoms with E-state index in [0.29, 0.717) is 11.8 Å². The number of carbonyl (C=O) groups is 1. The van der Waals surface area contributed by atoms with Crippen LogP contribution < -0.4 is 5.32 Å². The fraction of sp³-hybridized carbons (Fsp3) is 0.889. The molecule has 0 bridgehead atoms. The summed E-state index contributed by atoms with van der Waals surface area (Å²) in [5.41, 5.74) is 0. The highest BCUT2D eigenvalue weighted by atomic mass is 127. The van der Waals surface area contributed by atoms with E-state index in [1.54, 1.807) is 0 Å². The van der Waals surface area contributed by atoms with Crippen molar-refractivity contribution in [3.8, 4) is 0 Å². The minimum atomic E-state index is 0.275. The van der Waals surface area contributed by atoms with E-state index in [9.17, 15) is 4.79 Å². The zero-order valence-corrected chi connectivity index (χ0v) is 9.63. The number of halogens is 1. The Morgan fingerprint density at radius 1 is 1.58 bits per heavy atom. The van der Waals surface area contributed by atoms with E-state index in [0.717, 1.165) is 17.4 Å². The average Bonchev–Trinajstić information content (AvgIpc) is 2.47. The van der Waals surface area contributed by atoms with E-state index in [-0.39, 0.29) is 5.91 Å². The summed E-state index contributed by atoms with van der Waals surface area (Å²) in [5, 5.41) is 2.96. The lowest BCUT2D eigenvalue weighted by Gasteiger charge is -2.14. The maximum Gasteiger partial charge on any atom is 0.223 e. The summed E-state index contributed by atoms with van der Waals surface area (Å²) in [6, 6.07) is 0. The lowest BCUT2D eigenvalue weighted by atomic mass is 9.97. The molecule has 0 aliphatic heterocycles. The van der Waals surface area contributed by atoms with Gasteiger partial charge >= 0.3 is 0 Å². The third-order valence-corrected chi connectivity index (χ3v) is 3.13. The molecule has 12 heavy (non-hydrogen) atoms. The van der Waals surface area contributed by atoms with Crippen molar-refractivity contribution in [2.24, 2.45) is 11.8 Å². The molecular weight excluding hydrogens is 265 g/mol. The first kappa shape index (κ1) is 10.3. The first-order valence-electron chi connectivity index (χ1n) is 4.59. The van der Waals surface area contributed by atoms with Crippen LogP contribution in [0.4, 0.5) is 0 Å². The van der Waals surface area contributed by atoms with Crippen LogP contribution in [0.1, 0.15) is 26.2 Å². The van der Waals surface area contributed by atoms with Crippen molar-refractivity contribution >= 4 is 28.5 Å². The smallest absolute Gasteiger partial charge is 0.223 e. The molecule has 2 atom stereocenters. The van der Waals surface area contributed by atoms with Gasteiger partial charge in [-0.05, 0) is 18.8 Å². The maximum atomic E-state index is 11.5. The van der Waals surface area contributed by atoms with E-state index < -0.39 is 0 Å². The van der Waals surface area contributed by atoms with Gasteiger partial charge in [-0.15, -0.1) is 0 Å². The second-order valence-corrected chi connectivity index (χ2v) is 4.57. The van der Waals surface area contributed by atoms with Crippen LogP contribution >= 0.6 is 22.6 Å². The Labute approximate surface area is 87.6 Å². The minimum Gasteiger partial charge on any atom is -0.355 e. The minimum absolute atomic E-state index is 0.275. The average molecular weight is 281 g/mol. The van der Waals surface area contributed by atoms with Gasteiger partial charge in [0.1, 0.15) is 0 Å². The summed E-state index contributed by atoms with van der Waals surface area (Å²) in [6.45, 7) is 3.00. The van der Waals surface area contributed by atoms with Crippen molar-refractivity contribution in [3.63, 3.8) is 0 Å². The molecule has 0 heterocycles. The lowest BCUT2D eigenvalue weighted by Crippen LogP contribution is -2.33. The summed E-state index contributed by atoms with van der Waals surface area (Å²) in [5.74, 6) is 1.17. The zero-order valence-electron chi connectivity index (χ0n) is 7.48. The second-order valence-electron chi connectivity index (χ2n) is 3.49. The number of hydrogen-bond donors (Lipinski definition) is 1. The molecule has 70 valence electrons. The van der Waals surface area contributed by atoms with Crippen molar-refractivity contribution in [2.45, 2.75) is 26.2 Å². The van der Waals surface area contributed by atoms with Crippen molar-refractivity contribution in [3.05, 3.63) is 0 Å². The highest BCUT2D eigenvalue weighted by Gasteiger charge is 2.28. The van der Waals surface area contributed by atoms with Gasteiger partial charge in [0.05, 0.1) is 0 Å². The molecule has 1 aliphatic carbocycles. The fourth-order valence-electron chi connectivity index (χ4n) is 1.84. The van der Waals surface area contributed by atoms with E-state index in [1.807, 2.05) is 0 Å². The molecular formula is C9H16INO. The molecule has 0 saturated heterocycles. The Morgan fingerprint density at radius 3 is 2.83 bits per heavy atom. The van der Waals surface area contributed by atoms with E-state index in [4.69, 9.17) is 0 Å². The van der Waals surface area contributed by atoms with Gasteiger partial charge in [-0.2, -0.15) is 0 Å².